The number of nitrogens with zero attached hydrogens (tertiary/aromatic N) is 3. The summed E-state index contributed by atoms with van der Waals surface area (Å²) in [6, 6.07) is 14.3. The van der Waals surface area contributed by atoms with Crippen molar-refractivity contribution in [3.05, 3.63) is 59.3 Å². The van der Waals surface area contributed by atoms with Crippen molar-refractivity contribution in [1.82, 2.24) is 14.4 Å². The molecule has 2 aromatic carbocycles. The lowest BCUT2D eigenvalue weighted by Gasteiger charge is -2.34. The summed E-state index contributed by atoms with van der Waals surface area (Å²) in [6.07, 6.45) is 0. The van der Waals surface area contributed by atoms with Crippen molar-refractivity contribution in [2.75, 3.05) is 39.5 Å². The first-order valence-electron chi connectivity index (χ1n) is 10.5. The molecule has 3 aromatic rings. The number of benzene rings is 2. The fourth-order valence-corrected chi connectivity index (χ4v) is 4.52. The largest absolute Gasteiger partial charge is 0.454 e. The van der Waals surface area contributed by atoms with Gasteiger partial charge in [0.2, 0.25) is 12.7 Å². The Kier molecular flexibility index (Phi) is 4.97. The second-order valence-corrected chi connectivity index (χ2v) is 8.20. The number of carbonyl (C=O) groups excluding carboxylic acids is 1. The lowest BCUT2D eigenvalue weighted by Crippen LogP contribution is -2.48. The van der Waals surface area contributed by atoms with Crippen LogP contribution in [0.15, 0.2) is 42.5 Å². The number of fused-ring (bicyclic) bond motifs is 2. The van der Waals surface area contributed by atoms with Crippen LogP contribution in [-0.2, 0) is 6.54 Å². The number of hydrogen-bond donors (Lipinski definition) is 0. The van der Waals surface area contributed by atoms with E-state index in [0.717, 1.165) is 60.8 Å². The van der Waals surface area contributed by atoms with Gasteiger partial charge in [0.15, 0.2) is 11.5 Å². The molecule has 0 spiro atoms. The van der Waals surface area contributed by atoms with E-state index in [9.17, 15) is 4.79 Å². The Bertz CT molecular complexity index is 1100. The van der Waals surface area contributed by atoms with E-state index in [-0.39, 0.29) is 5.91 Å². The monoisotopic (exact) mass is 405 g/mol. The number of ether oxygens (including phenoxy) is 2. The third-order valence-corrected chi connectivity index (χ3v) is 6.34. The Morgan fingerprint density at radius 3 is 2.50 bits per heavy atom. The van der Waals surface area contributed by atoms with Crippen molar-refractivity contribution in [1.29, 1.82) is 0 Å². The summed E-state index contributed by atoms with van der Waals surface area (Å²) >= 11 is 0. The normalized spacial score (nSPS) is 17.0. The molecular weight excluding hydrogens is 378 g/mol. The summed E-state index contributed by atoms with van der Waals surface area (Å²) in [5.41, 5.74) is 4.47. The van der Waals surface area contributed by atoms with E-state index in [1.54, 1.807) is 0 Å². The minimum Gasteiger partial charge on any atom is -0.454 e. The summed E-state index contributed by atoms with van der Waals surface area (Å²) in [4.78, 5) is 17.8. The van der Waals surface area contributed by atoms with Gasteiger partial charge in [0.1, 0.15) is 0 Å². The molecule has 0 aliphatic carbocycles. The fraction of sp³-hybridized carbons (Fsp3) is 0.375. The highest BCUT2D eigenvalue weighted by atomic mass is 16.7. The van der Waals surface area contributed by atoms with Gasteiger partial charge in [-0.15, -0.1) is 0 Å². The van der Waals surface area contributed by atoms with Crippen LogP contribution in [0.5, 0.6) is 11.5 Å². The Morgan fingerprint density at radius 1 is 0.933 bits per heavy atom. The second-order valence-electron chi connectivity index (χ2n) is 8.20. The fourth-order valence-electron chi connectivity index (χ4n) is 4.52. The molecule has 0 atom stereocenters. The number of piperazine rings is 1. The molecule has 156 valence electrons. The summed E-state index contributed by atoms with van der Waals surface area (Å²) in [7, 11) is 0. The van der Waals surface area contributed by atoms with Gasteiger partial charge in [0, 0.05) is 43.8 Å². The van der Waals surface area contributed by atoms with Crippen LogP contribution in [-0.4, -0.2) is 59.8 Å². The third-order valence-electron chi connectivity index (χ3n) is 6.34. The van der Waals surface area contributed by atoms with Gasteiger partial charge in [0.05, 0.1) is 12.1 Å². The highest BCUT2D eigenvalue weighted by Gasteiger charge is 2.23. The Morgan fingerprint density at radius 2 is 1.67 bits per heavy atom. The molecule has 3 heterocycles. The highest BCUT2D eigenvalue weighted by Crippen LogP contribution is 2.33. The number of para-hydroxylation sites is 1. The van der Waals surface area contributed by atoms with E-state index in [0.29, 0.717) is 13.3 Å². The molecule has 1 aromatic heterocycles. The molecule has 0 bridgehead atoms. The number of hydrogen-bond acceptors (Lipinski definition) is 5. The van der Waals surface area contributed by atoms with Gasteiger partial charge in [-0.1, -0.05) is 24.3 Å². The summed E-state index contributed by atoms with van der Waals surface area (Å²) in [5.74, 6) is 1.81. The standard InChI is InChI=1S/C24H27N3O3/c1-17-18(2)27(21-6-4-3-5-20(17)21)24(28)15-26-11-9-25(10-12-26)14-19-7-8-22-23(13-19)30-16-29-22/h3-8,13H,9-12,14-16H2,1-2H3. The van der Waals surface area contributed by atoms with E-state index in [1.807, 2.05) is 35.8 Å². The quantitative estimate of drug-likeness (QED) is 0.665. The van der Waals surface area contributed by atoms with Crippen molar-refractivity contribution in [3.8, 4) is 11.5 Å². The molecule has 0 saturated carbocycles. The zero-order valence-electron chi connectivity index (χ0n) is 17.6. The van der Waals surface area contributed by atoms with Crippen LogP contribution in [0.25, 0.3) is 10.9 Å². The van der Waals surface area contributed by atoms with Gasteiger partial charge in [-0.05, 0) is 43.2 Å². The third kappa shape index (κ3) is 3.46. The maximum atomic E-state index is 13.1. The Balaban J connectivity index is 1.21. The molecule has 6 heteroatoms. The van der Waals surface area contributed by atoms with Crippen molar-refractivity contribution in [2.45, 2.75) is 20.4 Å². The van der Waals surface area contributed by atoms with Crippen LogP contribution in [0.3, 0.4) is 0 Å². The van der Waals surface area contributed by atoms with E-state index in [1.165, 1.54) is 11.1 Å². The van der Waals surface area contributed by atoms with E-state index in [4.69, 9.17) is 9.47 Å². The lowest BCUT2D eigenvalue weighted by atomic mass is 10.1. The first-order chi connectivity index (χ1) is 14.6. The summed E-state index contributed by atoms with van der Waals surface area (Å²) in [5, 5.41) is 1.16. The van der Waals surface area contributed by atoms with Crippen LogP contribution in [0.4, 0.5) is 0 Å². The highest BCUT2D eigenvalue weighted by molar-refractivity contribution is 5.96. The minimum atomic E-state index is 0.154. The minimum absolute atomic E-state index is 0.154. The molecule has 0 radical (unpaired) electrons. The molecule has 30 heavy (non-hydrogen) atoms. The Labute approximate surface area is 176 Å². The predicted molar refractivity (Wildman–Crippen MR) is 116 cm³/mol. The van der Waals surface area contributed by atoms with Gasteiger partial charge < -0.3 is 9.47 Å². The zero-order valence-corrected chi connectivity index (χ0v) is 17.6. The van der Waals surface area contributed by atoms with Crippen LogP contribution in [0.1, 0.15) is 21.6 Å². The lowest BCUT2D eigenvalue weighted by molar-refractivity contribution is 0.0770. The molecule has 2 aliphatic rings. The van der Waals surface area contributed by atoms with Crippen LogP contribution in [0.2, 0.25) is 0 Å². The van der Waals surface area contributed by atoms with Crippen LogP contribution < -0.4 is 9.47 Å². The number of carbonyl (C=O) groups is 1. The van der Waals surface area contributed by atoms with Crippen LogP contribution >= 0.6 is 0 Å². The smallest absolute Gasteiger partial charge is 0.245 e. The van der Waals surface area contributed by atoms with Crippen LogP contribution in [0, 0.1) is 13.8 Å². The second kappa shape index (κ2) is 7.78. The number of aryl methyl sites for hydroxylation is 1. The topological polar surface area (TPSA) is 46.9 Å². The molecule has 0 unspecified atom stereocenters. The van der Waals surface area contributed by atoms with E-state index in [2.05, 4.69) is 34.9 Å². The first-order valence-corrected chi connectivity index (χ1v) is 10.5. The SMILES string of the molecule is Cc1c(C)n(C(=O)CN2CCN(Cc3ccc4c(c3)OCO4)CC2)c2ccccc12. The molecule has 0 amide bonds. The van der Waals surface area contributed by atoms with Gasteiger partial charge in [0.25, 0.3) is 0 Å². The van der Waals surface area contributed by atoms with E-state index < -0.39 is 0 Å². The van der Waals surface area contributed by atoms with Gasteiger partial charge in [-0.2, -0.15) is 0 Å². The zero-order chi connectivity index (χ0) is 20.7. The molecule has 0 N–H and O–H groups in total. The summed E-state index contributed by atoms with van der Waals surface area (Å²) in [6.45, 7) is 9.48. The first kappa shape index (κ1) is 19.2. The van der Waals surface area contributed by atoms with Crippen molar-refractivity contribution in [3.63, 3.8) is 0 Å². The molecular formula is C24H27N3O3. The average molecular weight is 405 g/mol. The van der Waals surface area contributed by atoms with Gasteiger partial charge in [-0.3, -0.25) is 19.2 Å². The molecule has 1 fully saturated rings. The average Bonchev–Trinajstić information content (AvgIpc) is 3.32. The van der Waals surface area contributed by atoms with Crippen molar-refractivity contribution < 1.29 is 14.3 Å². The Hall–Kier alpha value is -2.83. The predicted octanol–water partition coefficient (Wildman–Crippen LogP) is 3.44. The van der Waals surface area contributed by atoms with Crippen molar-refractivity contribution in [2.24, 2.45) is 0 Å². The summed E-state index contributed by atoms with van der Waals surface area (Å²) < 4.78 is 12.8. The van der Waals surface area contributed by atoms with E-state index >= 15 is 0 Å². The number of aromatic nitrogens is 1. The number of rotatable bonds is 4. The molecule has 5 rings (SSSR count). The van der Waals surface area contributed by atoms with Gasteiger partial charge in [-0.25, -0.2) is 0 Å². The maximum absolute atomic E-state index is 13.1. The van der Waals surface area contributed by atoms with Gasteiger partial charge >= 0.3 is 0 Å². The van der Waals surface area contributed by atoms with Crippen molar-refractivity contribution >= 4 is 16.8 Å². The molecule has 6 nitrogen and oxygen atoms in total. The molecule has 1 saturated heterocycles. The maximum Gasteiger partial charge on any atom is 0.245 e. The molecule has 2 aliphatic heterocycles.